The number of unbranched alkanes of at least 4 members (excludes halogenated alkanes) is 1. The van der Waals surface area contributed by atoms with Crippen molar-refractivity contribution in [1.82, 2.24) is 31.1 Å². The maximum atomic E-state index is 13.8. The van der Waals surface area contributed by atoms with Crippen LogP contribution < -0.4 is 38.5 Å². The van der Waals surface area contributed by atoms with E-state index >= 15 is 0 Å². The van der Waals surface area contributed by atoms with Crippen molar-refractivity contribution in [3.63, 3.8) is 0 Å². The van der Waals surface area contributed by atoms with Crippen LogP contribution in [0.5, 0.6) is 0 Å². The molecule has 2 aliphatic rings. The molecular weight excluding hydrogens is 654 g/mol. The van der Waals surface area contributed by atoms with Crippen LogP contribution in [0.4, 0.5) is 0 Å². The fourth-order valence-electron chi connectivity index (χ4n) is 6.06. The summed E-state index contributed by atoms with van der Waals surface area (Å²) in [4.78, 5) is 105. The number of amides is 7. The molecule has 0 radical (unpaired) electrons. The number of carbonyl (C=O) groups excluding carboxylic acids is 7. The molecule has 11 N–H and O–H groups in total. The first-order chi connectivity index (χ1) is 23.5. The molecule has 2 aliphatic heterocycles. The van der Waals surface area contributed by atoms with E-state index in [2.05, 4.69) is 21.3 Å². The molecule has 7 amide bonds. The normalized spacial score (nSPS) is 20.3. The van der Waals surface area contributed by atoms with Crippen molar-refractivity contribution in [3.8, 4) is 0 Å². The number of primary amides is 1. The second-order valence-electron chi connectivity index (χ2n) is 13.4. The van der Waals surface area contributed by atoms with Gasteiger partial charge in [-0.25, -0.2) is 4.79 Å². The fourth-order valence-corrected chi connectivity index (χ4v) is 6.06. The minimum atomic E-state index is -1.32. The van der Waals surface area contributed by atoms with Gasteiger partial charge in [-0.1, -0.05) is 13.8 Å². The van der Waals surface area contributed by atoms with Crippen molar-refractivity contribution in [1.29, 1.82) is 0 Å². The first kappa shape index (κ1) is 41.8. The molecule has 0 spiro atoms. The van der Waals surface area contributed by atoms with E-state index in [9.17, 15) is 43.5 Å². The van der Waals surface area contributed by atoms with Crippen LogP contribution in [0.2, 0.25) is 0 Å². The molecule has 2 heterocycles. The van der Waals surface area contributed by atoms with Gasteiger partial charge in [-0.05, 0) is 77.7 Å². The molecule has 0 aromatic rings. The molecule has 0 bridgehead atoms. The van der Waals surface area contributed by atoms with Gasteiger partial charge in [-0.15, -0.1) is 0 Å². The van der Waals surface area contributed by atoms with Crippen LogP contribution in [-0.4, -0.2) is 124 Å². The molecule has 18 heteroatoms. The fraction of sp³-hybridized carbons (Fsp3) is 0.750. The maximum absolute atomic E-state index is 13.8. The van der Waals surface area contributed by atoms with E-state index in [4.69, 9.17) is 17.2 Å². The maximum Gasteiger partial charge on any atom is 0.326 e. The van der Waals surface area contributed by atoms with Crippen LogP contribution in [0, 0.1) is 5.92 Å². The van der Waals surface area contributed by atoms with Crippen molar-refractivity contribution in [3.05, 3.63) is 0 Å². The lowest BCUT2D eigenvalue weighted by Crippen LogP contribution is -2.60. The summed E-state index contributed by atoms with van der Waals surface area (Å²) in [5.41, 5.74) is 16.5. The summed E-state index contributed by atoms with van der Waals surface area (Å²) < 4.78 is 0. The average Bonchev–Trinajstić information content (AvgIpc) is 3.74. The van der Waals surface area contributed by atoms with Crippen molar-refractivity contribution in [2.24, 2.45) is 23.1 Å². The van der Waals surface area contributed by atoms with Crippen molar-refractivity contribution in [2.75, 3.05) is 19.6 Å². The van der Waals surface area contributed by atoms with Gasteiger partial charge < -0.3 is 53.4 Å². The number of rotatable bonds is 19. The smallest absolute Gasteiger partial charge is 0.326 e. The number of carbonyl (C=O) groups is 8. The molecule has 0 aromatic heterocycles. The van der Waals surface area contributed by atoms with Crippen molar-refractivity contribution < 1.29 is 43.5 Å². The number of carboxylic acid groups (broad SMARTS) is 1. The van der Waals surface area contributed by atoms with E-state index < -0.39 is 83.7 Å². The van der Waals surface area contributed by atoms with Gasteiger partial charge in [0.25, 0.3) is 0 Å². The first-order valence-corrected chi connectivity index (χ1v) is 17.3. The van der Waals surface area contributed by atoms with Crippen molar-refractivity contribution >= 4 is 47.3 Å². The van der Waals surface area contributed by atoms with Gasteiger partial charge in [0.1, 0.15) is 36.3 Å². The van der Waals surface area contributed by atoms with Crippen LogP contribution in [0.25, 0.3) is 0 Å². The zero-order valence-corrected chi connectivity index (χ0v) is 29.4. The molecule has 50 heavy (non-hydrogen) atoms. The molecule has 0 unspecified atom stereocenters. The van der Waals surface area contributed by atoms with E-state index in [0.717, 1.165) is 0 Å². The Morgan fingerprint density at radius 3 is 1.80 bits per heavy atom. The van der Waals surface area contributed by atoms with Gasteiger partial charge in [0, 0.05) is 19.5 Å². The molecule has 2 rings (SSSR count). The van der Waals surface area contributed by atoms with Crippen LogP contribution in [0.3, 0.4) is 0 Å². The Labute approximate surface area is 292 Å². The highest BCUT2D eigenvalue weighted by molar-refractivity contribution is 5.97. The minimum Gasteiger partial charge on any atom is -0.480 e. The standard InChI is InChI=1S/C32H55N9O9/c1-17(2)25(39-29(46)23-11-7-15-40(23)30(47)18(3)34)31(48)41-16-8-10-22(41)28(45)37-20(12-13-24(35)42)27(44)36-19(4)26(43)38-21(32(49)50)9-5-6-14-33/h17-23,25H,5-16,33-34H2,1-4H3,(H2,35,42)(H,36,44)(H,37,45)(H,38,43)(H,39,46)(H,49,50)/t18-,19-,20-,21-,22-,23-,25-/m0/s1. The van der Waals surface area contributed by atoms with Gasteiger partial charge in [0.15, 0.2) is 0 Å². The van der Waals surface area contributed by atoms with E-state index in [1.165, 1.54) is 23.6 Å². The Morgan fingerprint density at radius 1 is 0.740 bits per heavy atom. The lowest BCUT2D eigenvalue weighted by atomic mass is 10.0. The number of aliphatic carboxylic acids is 1. The van der Waals surface area contributed by atoms with Crippen LogP contribution in [0.1, 0.15) is 85.5 Å². The summed E-state index contributed by atoms with van der Waals surface area (Å²) in [6.45, 7) is 7.32. The SMILES string of the molecule is CC(C)[C@H](NC(=O)[C@@H]1CCCN1C(=O)[C@H](C)N)C(=O)N1CCC[C@H]1C(=O)N[C@@H](CCC(N)=O)C(=O)N[C@@H](C)C(=O)N[C@@H](CCCCN)C(=O)O. The molecule has 0 aliphatic carbocycles. The van der Waals surface area contributed by atoms with Crippen molar-refractivity contribution in [2.45, 2.75) is 128 Å². The Morgan fingerprint density at radius 2 is 1.30 bits per heavy atom. The third kappa shape index (κ3) is 11.9. The highest BCUT2D eigenvalue weighted by atomic mass is 16.4. The lowest BCUT2D eigenvalue weighted by Gasteiger charge is -2.33. The summed E-state index contributed by atoms with van der Waals surface area (Å²) in [7, 11) is 0. The first-order valence-electron chi connectivity index (χ1n) is 17.3. The van der Waals surface area contributed by atoms with Gasteiger partial charge in [-0.2, -0.15) is 0 Å². The molecule has 0 aromatic carbocycles. The Balaban J connectivity index is 2.14. The summed E-state index contributed by atoms with van der Waals surface area (Å²) in [5.74, 6) is -5.97. The largest absolute Gasteiger partial charge is 0.480 e. The second kappa shape index (κ2) is 19.8. The van der Waals surface area contributed by atoms with Gasteiger partial charge in [-0.3, -0.25) is 33.6 Å². The molecule has 2 fully saturated rings. The number of carboxylic acids is 1. The number of nitrogens with two attached hydrogens (primary N) is 3. The number of nitrogens with zero attached hydrogens (tertiary/aromatic N) is 2. The Bertz CT molecular complexity index is 1260. The average molecular weight is 710 g/mol. The summed E-state index contributed by atoms with van der Waals surface area (Å²) >= 11 is 0. The molecule has 7 atom stereocenters. The van der Waals surface area contributed by atoms with Gasteiger partial charge in [0.05, 0.1) is 6.04 Å². The molecule has 18 nitrogen and oxygen atoms in total. The zero-order chi connectivity index (χ0) is 37.7. The quantitative estimate of drug-likeness (QED) is 0.0644. The molecule has 2 saturated heterocycles. The highest BCUT2D eigenvalue weighted by Gasteiger charge is 2.42. The summed E-state index contributed by atoms with van der Waals surface area (Å²) in [6, 6.07) is -7.30. The summed E-state index contributed by atoms with van der Waals surface area (Å²) in [5, 5.41) is 19.7. The van der Waals surface area contributed by atoms with E-state index in [1.807, 2.05) is 0 Å². The molecule has 0 saturated carbocycles. The van der Waals surface area contributed by atoms with Gasteiger partial charge >= 0.3 is 5.97 Å². The summed E-state index contributed by atoms with van der Waals surface area (Å²) in [6.07, 6.45) is 2.45. The number of hydrogen-bond donors (Lipinski definition) is 8. The highest BCUT2D eigenvalue weighted by Crippen LogP contribution is 2.23. The predicted octanol–water partition coefficient (Wildman–Crippen LogP) is -2.59. The lowest BCUT2D eigenvalue weighted by molar-refractivity contribution is -0.144. The monoisotopic (exact) mass is 709 g/mol. The topological polar surface area (TPSA) is 289 Å². The predicted molar refractivity (Wildman–Crippen MR) is 180 cm³/mol. The van der Waals surface area contributed by atoms with E-state index in [1.54, 1.807) is 13.8 Å². The Kier molecular flexibility index (Phi) is 16.5. The van der Waals surface area contributed by atoms with Crippen LogP contribution in [-0.2, 0) is 38.4 Å². The third-order valence-corrected chi connectivity index (χ3v) is 8.92. The number of hydrogen-bond acceptors (Lipinski definition) is 10. The van der Waals surface area contributed by atoms with Gasteiger partial charge in [0.2, 0.25) is 41.4 Å². The minimum absolute atomic E-state index is 0.139. The van der Waals surface area contributed by atoms with E-state index in [-0.39, 0.29) is 44.1 Å². The molecule has 282 valence electrons. The third-order valence-electron chi connectivity index (χ3n) is 8.92. The second-order valence-corrected chi connectivity index (χ2v) is 13.4. The Hall–Kier alpha value is -4.32. The number of nitrogens with one attached hydrogen (secondary N) is 4. The van der Waals surface area contributed by atoms with Crippen LogP contribution in [0.15, 0.2) is 0 Å². The zero-order valence-electron chi connectivity index (χ0n) is 29.4. The molecular formula is C32H55N9O9. The van der Waals surface area contributed by atoms with Crippen LogP contribution >= 0.6 is 0 Å². The number of likely N-dealkylation sites (tertiary alicyclic amines) is 2. The van der Waals surface area contributed by atoms with E-state index in [0.29, 0.717) is 45.2 Å².